The average molecular weight is 620 g/mol. The van der Waals surface area contributed by atoms with Gasteiger partial charge in [0.1, 0.15) is 5.82 Å². The summed E-state index contributed by atoms with van der Waals surface area (Å²) in [5.41, 5.74) is -7.43. The van der Waals surface area contributed by atoms with E-state index in [0.717, 1.165) is 6.07 Å². The third-order valence-corrected chi connectivity index (χ3v) is 6.48. The van der Waals surface area contributed by atoms with Crippen LogP contribution in [0.25, 0.3) is 0 Å². The molecule has 17 heteroatoms. The van der Waals surface area contributed by atoms with Crippen LogP contribution in [-0.4, -0.2) is 35.9 Å². The topological polar surface area (TPSA) is 72.3 Å². The number of aryl methyl sites for hydroxylation is 1. The third-order valence-electron chi connectivity index (χ3n) is 6.21. The van der Waals surface area contributed by atoms with Gasteiger partial charge in [0.05, 0.1) is 34.9 Å². The summed E-state index contributed by atoms with van der Waals surface area (Å²) in [7, 11) is 0. The number of carbonyl (C=O) groups is 1. The van der Waals surface area contributed by atoms with Crippen LogP contribution in [0.4, 0.5) is 43.9 Å². The summed E-state index contributed by atoms with van der Waals surface area (Å²) in [5, 5.41) is 7.80. The molecule has 2 atom stereocenters. The van der Waals surface area contributed by atoms with Crippen LogP contribution < -0.4 is 5.32 Å². The number of amides is 1. The van der Waals surface area contributed by atoms with E-state index in [1.807, 2.05) is 0 Å². The molecule has 2 heterocycles. The number of hydrogen-bond acceptors (Lipinski definition) is 5. The van der Waals surface area contributed by atoms with Gasteiger partial charge in [0.15, 0.2) is 0 Å². The maximum absolute atomic E-state index is 14.8. The second-order valence-corrected chi connectivity index (χ2v) is 9.61. The molecule has 1 N–H and O–H groups in total. The van der Waals surface area contributed by atoms with Gasteiger partial charge in [-0.05, 0) is 42.3 Å². The van der Waals surface area contributed by atoms with Crippen LogP contribution >= 0.6 is 11.6 Å². The van der Waals surface area contributed by atoms with Gasteiger partial charge in [-0.1, -0.05) is 28.0 Å². The van der Waals surface area contributed by atoms with E-state index in [1.54, 1.807) is 0 Å². The number of benzene rings is 2. The summed E-state index contributed by atoms with van der Waals surface area (Å²) in [6.07, 6.45) is -19.2. The van der Waals surface area contributed by atoms with Crippen molar-refractivity contribution in [3.8, 4) is 0 Å². The zero-order chi connectivity index (χ0) is 30.5. The normalized spacial score (nSPS) is 21.2. The zero-order valence-corrected chi connectivity index (χ0v) is 21.1. The van der Waals surface area contributed by atoms with E-state index in [1.165, 1.54) is 19.1 Å². The van der Waals surface area contributed by atoms with E-state index < -0.39 is 76.8 Å². The molecule has 41 heavy (non-hydrogen) atoms. The predicted molar refractivity (Wildman–Crippen MR) is 123 cm³/mol. The van der Waals surface area contributed by atoms with Crippen LogP contribution in [0.15, 0.2) is 40.6 Å². The lowest BCUT2D eigenvalue weighted by Crippen LogP contribution is -2.43. The minimum absolute atomic E-state index is 0.0288. The molecule has 2 aliphatic heterocycles. The van der Waals surface area contributed by atoms with Crippen molar-refractivity contribution in [1.82, 2.24) is 5.32 Å². The van der Waals surface area contributed by atoms with Crippen molar-refractivity contribution in [1.29, 1.82) is 0 Å². The second kappa shape index (κ2) is 10.4. The summed E-state index contributed by atoms with van der Waals surface area (Å²) in [6, 6.07) is 3.66. The number of halogens is 11. The number of nitrogens with zero attached hydrogens (tertiary/aromatic N) is 2. The Morgan fingerprint density at radius 3 is 2.34 bits per heavy atom. The molecule has 222 valence electrons. The first kappa shape index (κ1) is 30.4. The molecule has 6 nitrogen and oxygen atoms in total. The molecule has 0 fully saturated rings. The molecule has 0 radical (unpaired) electrons. The summed E-state index contributed by atoms with van der Waals surface area (Å²) in [4.78, 5) is 22.1. The minimum Gasteiger partial charge on any atom is -0.374 e. The van der Waals surface area contributed by atoms with E-state index >= 15 is 0 Å². The fourth-order valence-corrected chi connectivity index (χ4v) is 4.46. The lowest BCUT2D eigenvalue weighted by Gasteiger charge is -2.30. The van der Waals surface area contributed by atoms with Crippen LogP contribution in [0.3, 0.4) is 0 Å². The molecule has 0 unspecified atom stereocenters. The van der Waals surface area contributed by atoms with E-state index in [4.69, 9.17) is 16.4 Å². The van der Waals surface area contributed by atoms with Gasteiger partial charge in [-0.15, -0.1) is 0 Å². The maximum Gasteiger partial charge on any atom is 0.435 e. The van der Waals surface area contributed by atoms with E-state index in [0.29, 0.717) is 0 Å². The molecular weight excluding hydrogens is 604 g/mol. The van der Waals surface area contributed by atoms with Crippen molar-refractivity contribution < 1.29 is 58.4 Å². The number of nitrogens with one attached hydrogen (secondary N) is 1. The molecule has 0 bridgehead atoms. The van der Waals surface area contributed by atoms with Crippen molar-refractivity contribution in [3.63, 3.8) is 0 Å². The SMILES string of the molecule is Cc1cc(C2=NO[C@@](c3cc(C(F)(F)F)cc(Cl)c3F)(C(F)(F)F)C2)ccc1C(=O)N[C@@H]1CC(CC(F)(F)F)=NO1. The lowest BCUT2D eigenvalue weighted by atomic mass is 9.85. The predicted octanol–water partition coefficient (Wildman–Crippen LogP) is 7.17. The smallest absolute Gasteiger partial charge is 0.374 e. The van der Waals surface area contributed by atoms with Crippen molar-refractivity contribution in [3.05, 3.63) is 69.0 Å². The molecule has 0 aromatic heterocycles. The van der Waals surface area contributed by atoms with Gasteiger partial charge in [0.25, 0.3) is 11.5 Å². The van der Waals surface area contributed by atoms with Gasteiger partial charge in [0.2, 0.25) is 6.23 Å². The van der Waals surface area contributed by atoms with Crippen LogP contribution in [0, 0.1) is 12.7 Å². The number of alkyl halides is 9. The standard InChI is InChI=1S/C24H16ClF10N3O3/c1-10-4-11(2-3-14(10)20(39)36-18-7-13(37-40-18)8-22(27,28)29)17-9-21(41-38-17,24(33,34)35)15-5-12(23(30,31)32)6-16(25)19(15)26/h2-6,18H,7-9H2,1H3,(H,36,39)/t18-,21-/m0/s1. The molecule has 2 aromatic rings. The first-order chi connectivity index (χ1) is 18.8. The summed E-state index contributed by atoms with van der Waals surface area (Å²) in [5.74, 6) is -2.56. The van der Waals surface area contributed by atoms with Crippen LogP contribution in [0.1, 0.15) is 51.9 Å². The van der Waals surface area contributed by atoms with Crippen LogP contribution in [-0.2, 0) is 21.5 Å². The van der Waals surface area contributed by atoms with Gasteiger partial charge in [-0.3, -0.25) is 4.79 Å². The van der Waals surface area contributed by atoms with Crippen molar-refractivity contribution in [2.24, 2.45) is 10.3 Å². The average Bonchev–Trinajstić information content (AvgIpc) is 3.46. The molecule has 0 aliphatic carbocycles. The molecular formula is C24H16ClF10N3O3. The number of carbonyl (C=O) groups excluding carboxylic acids is 1. The number of rotatable bonds is 5. The Morgan fingerprint density at radius 2 is 1.76 bits per heavy atom. The van der Waals surface area contributed by atoms with E-state index in [-0.39, 0.29) is 41.0 Å². The fraction of sp³-hybridized carbons (Fsp3) is 0.375. The largest absolute Gasteiger partial charge is 0.435 e. The Hall–Kier alpha value is -3.56. The molecule has 0 spiro atoms. The summed E-state index contributed by atoms with van der Waals surface area (Å²) in [6.45, 7) is 1.39. The van der Waals surface area contributed by atoms with E-state index in [9.17, 15) is 48.7 Å². The number of oxime groups is 2. The lowest BCUT2D eigenvalue weighted by molar-refractivity contribution is -0.276. The molecule has 2 aliphatic rings. The van der Waals surface area contributed by atoms with Crippen molar-refractivity contribution >= 4 is 28.9 Å². The molecule has 4 rings (SSSR count). The van der Waals surface area contributed by atoms with Crippen LogP contribution in [0.5, 0.6) is 0 Å². The fourth-order valence-electron chi connectivity index (χ4n) is 4.25. The summed E-state index contributed by atoms with van der Waals surface area (Å²) < 4.78 is 135. The minimum atomic E-state index is -5.45. The summed E-state index contributed by atoms with van der Waals surface area (Å²) >= 11 is 5.49. The second-order valence-electron chi connectivity index (χ2n) is 9.20. The van der Waals surface area contributed by atoms with Crippen LogP contribution in [0.2, 0.25) is 5.02 Å². The van der Waals surface area contributed by atoms with Crippen molar-refractivity contribution in [2.45, 2.75) is 56.5 Å². The highest BCUT2D eigenvalue weighted by molar-refractivity contribution is 6.30. The first-order valence-corrected chi connectivity index (χ1v) is 11.8. The van der Waals surface area contributed by atoms with Gasteiger partial charge >= 0.3 is 18.5 Å². The Morgan fingerprint density at radius 1 is 1.07 bits per heavy atom. The van der Waals surface area contributed by atoms with E-state index in [2.05, 4.69) is 20.5 Å². The molecule has 0 saturated heterocycles. The third kappa shape index (κ3) is 6.21. The Bertz CT molecular complexity index is 1440. The highest BCUT2D eigenvalue weighted by Crippen LogP contribution is 2.51. The molecule has 0 saturated carbocycles. The first-order valence-electron chi connectivity index (χ1n) is 11.4. The highest BCUT2D eigenvalue weighted by atomic mass is 35.5. The number of hydrogen-bond donors (Lipinski definition) is 1. The van der Waals surface area contributed by atoms with Gasteiger partial charge < -0.3 is 15.0 Å². The van der Waals surface area contributed by atoms with Crippen molar-refractivity contribution in [2.75, 3.05) is 0 Å². The monoisotopic (exact) mass is 619 g/mol. The van der Waals surface area contributed by atoms with Gasteiger partial charge in [-0.2, -0.15) is 39.5 Å². The van der Waals surface area contributed by atoms with Gasteiger partial charge in [0, 0.05) is 17.5 Å². The highest BCUT2D eigenvalue weighted by Gasteiger charge is 2.64. The Balaban J connectivity index is 1.56. The zero-order valence-electron chi connectivity index (χ0n) is 20.4. The maximum atomic E-state index is 14.8. The molecule has 1 amide bonds. The molecule has 2 aromatic carbocycles. The quantitative estimate of drug-likeness (QED) is 0.361. The Labute approximate surface area is 228 Å². The Kier molecular flexibility index (Phi) is 7.69. The van der Waals surface area contributed by atoms with Gasteiger partial charge in [-0.25, -0.2) is 4.39 Å².